The molecule has 0 saturated heterocycles. The van der Waals surface area contributed by atoms with Gasteiger partial charge in [-0.1, -0.05) is 11.2 Å². The van der Waals surface area contributed by atoms with Gasteiger partial charge in [-0.25, -0.2) is 0 Å². The lowest BCUT2D eigenvalue weighted by molar-refractivity contribution is -0.118. The second kappa shape index (κ2) is 6.60. The molecular formula is C14H16N2O4. The molecule has 0 spiro atoms. The van der Waals surface area contributed by atoms with Crippen molar-refractivity contribution in [2.45, 2.75) is 13.8 Å². The minimum absolute atomic E-state index is 0.110. The molecule has 1 N–H and O–H groups in total. The average Bonchev–Trinajstić information content (AvgIpc) is 2.83. The quantitative estimate of drug-likeness (QED) is 0.877. The number of ether oxygens (including phenoxy) is 2. The summed E-state index contributed by atoms with van der Waals surface area (Å²) >= 11 is 0. The van der Waals surface area contributed by atoms with E-state index in [2.05, 4.69) is 10.5 Å². The van der Waals surface area contributed by atoms with Gasteiger partial charge in [0.25, 0.3) is 5.91 Å². The maximum atomic E-state index is 11.7. The minimum atomic E-state index is -0.305. The van der Waals surface area contributed by atoms with E-state index in [4.69, 9.17) is 14.0 Å². The molecule has 6 nitrogen and oxygen atoms in total. The first-order chi connectivity index (χ1) is 9.67. The topological polar surface area (TPSA) is 73.6 Å². The van der Waals surface area contributed by atoms with Crippen LogP contribution < -0.4 is 14.8 Å². The molecule has 1 amide bonds. The molecular weight excluding hydrogens is 260 g/mol. The number of hydrogen-bond donors (Lipinski definition) is 1. The fourth-order valence-corrected chi connectivity index (χ4v) is 1.57. The van der Waals surface area contributed by atoms with Crippen molar-refractivity contribution in [1.29, 1.82) is 0 Å². The summed E-state index contributed by atoms with van der Waals surface area (Å²) < 4.78 is 15.6. The van der Waals surface area contributed by atoms with E-state index in [0.29, 0.717) is 29.7 Å². The highest BCUT2D eigenvalue weighted by molar-refractivity contribution is 5.90. The van der Waals surface area contributed by atoms with E-state index in [1.807, 2.05) is 13.0 Å². The Labute approximate surface area is 116 Å². The van der Waals surface area contributed by atoms with Gasteiger partial charge in [0.15, 0.2) is 12.4 Å². The lowest BCUT2D eigenvalue weighted by Gasteiger charge is -2.08. The molecule has 0 atom stereocenters. The Kier molecular flexibility index (Phi) is 4.60. The van der Waals surface area contributed by atoms with Gasteiger partial charge in [-0.15, -0.1) is 0 Å². The van der Waals surface area contributed by atoms with Gasteiger partial charge in [-0.2, -0.15) is 0 Å². The van der Waals surface area contributed by atoms with Gasteiger partial charge < -0.3 is 19.3 Å². The first-order valence-electron chi connectivity index (χ1n) is 6.26. The van der Waals surface area contributed by atoms with Crippen molar-refractivity contribution in [2.24, 2.45) is 0 Å². The summed E-state index contributed by atoms with van der Waals surface area (Å²) in [6.07, 6.45) is 0. The number of aromatic nitrogens is 1. The normalized spacial score (nSPS) is 10.1. The molecule has 0 saturated carbocycles. The molecule has 106 valence electrons. The maximum absolute atomic E-state index is 11.7. The summed E-state index contributed by atoms with van der Waals surface area (Å²) in [6.45, 7) is 4.12. The molecule has 0 aliphatic carbocycles. The van der Waals surface area contributed by atoms with E-state index in [1.54, 1.807) is 31.2 Å². The van der Waals surface area contributed by atoms with E-state index < -0.39 is 0 Å². The minimum Gasteiger partial charge on any atom is -0.494 e. The standard InChI is InChI=1S/C14H16N2O4/c1-3-18-11-5-4-6-12(8-11)19-9-14(17)15-13-7-10(2)20-16-13/h4-8H,3,9H2,1-2H3,(H,15,16,17). The van der Waals surface area contributed by atoms with Crippen LogP contribution in [0.15, 0.2) is 34.9 Å². The number of aryl methyl sites for hydroxylation is 1. The lowest BCUT2D eigenvalue weighted by atomic mass is 10.3. The Bertz CT molecular complexity index is 580. The molecule has 1 heterocycles. The molecule has 0 aliphatic heterocycles. The third kappa shape index (κ3) is 4.01. The molecule has 0 bridgehead atoms. The second-order valence-corrected chi connectivity index (χ2v) is 4.07. The molecule has 2 aromatic rings. The van der Waals surface area contributed by atoms with E-state index >= 15 is 0 Å². The molecule has 2 rings (SSSR count). The Morgan fingerprint density at radius 1 is 1.30 bits per heavy atom. The summed E-state index contributed by atoms with van der Waals surface area (Å²) in [5.74, 6) is 1.98. The Morgan fingerprint density at radius 3 is 2.70 bits per heavy atom. The van der Waals surface area contributed by atoms with E-state index in [9.17, 15) is 4.79 Å². The Morgan fingerprint density at radius 2 is 2.05 bits per heavy atom. The molecule has 20 heavy (non-hydrogen) atoms. The largest absolute Gasteiger partial charge is 0.494 e. The average molecular weight is 276 g/mol. The highest BCUT2D eigenvalue weighted by Crippen LogP contribution is 2.19. The van der Waals surface area contributed by atoms with Crippen LogP contribution in [0.1, 0.15) is 12.7 Å². The molecule has 0 fully saturated rings. The molecule has 0 aliphatic rings. The summed E-state index contributed by atoms with van der Waals surface area (Å²) in [6, 6.07) is 8.76. The number of carbonyl (C=O) groups excluding carboxylic acids is 1. The molecule has 0 unspecified atom stereocenters. The summed E-state index contributed by atoms with van der Waals surface area (Å²) in [5, 5.41) is 6.24. The predicted molar refractivity (Wildman–Crippen MR) is 73.0 cm³/mol. The first-order valence-corrected chi connectivity index (χ1v) is 6.26. The van der Waals surface area contributed by atoms with Crippen LogP contribution in [-0.4, -0.2) is 24.3 Å². The lowest BCUT2D eigenvalue weighted by Crippen LogP contribution is -2.20. The number of amides is 1. The number of anilines is 1. The van der Waals surface area contributed by atoms with E-state index in [-0.39, 0.29) is 12.5 Å². The predicted octanol–water partition coefficient (Wildman–Crippen LogP) is 2.40. The second-order valence-electron chi connectivity index (χ2n) is 4.07. The SMILES string of the molecule is CCOc1cccc(OCC(=O)Nc2cc(C)on2)c1. The number of rotatable bonds is 6. The van der Waals surface area contributed by atoms with Crippen LogP contribution in [-0.2, 0) is 4.79 Å². The van der Waals surface area contributed by atoms with Crippen molar-refractivity contribution < 1.29 is 18.8 Å². The van der Waals surface area contributed by atoms with Gasteiger partial charge in [-0.05, 0) is 26.0 Å². The van der Waals surface area contributed by atoms with Crippen molar-refractivity contribution in [1.82, 2.24) is 5.16 Å². The Hall–Kier alpha value is -2.50. The first kappa shape index (κ1) is 13.9. The van der Waals surface area contributed by atoms with Crippen molar-refractivity contribution in [2.75, 3.05) is 18.5 Å². The van der Waals surface area contributed by atoms with Gasteiger partial charge >= 0.3 is 0 Å². The zero-order chi connectivity index (χ0) is 14.4. The van der Waals surface area contributed by atoms with E-state index in [0.717, 1.165) is 0 Å². The molecule has 0 radical (unpaired) electrons. The van der Waals surface area contributed by atoms with Crippen LogP contribution in [0.2, 0.25) is 0 Å². The van der Waals surface area contributed by atoms with Gasteiger partial charge in [0.2, 0.25) is 0 Å². The highest BCUT2D eigenvalue weighted by atomic mass is 16.5. The number of carbonyl (C=O) groups is 1. The zero-order valence-electron chi connectivity index (χ0n) is 11.4. The monoisotopic (exact) mass is 276 g/mol. The smallest absolute Gasteiger partial charge is 0.263 e. The third-order valence-corrected chi connectivity index (χ3v) is 2.38. The van der Waals surface area contributed by atoms with Crippen LogP contribution in [0, 0.1) is 6.92 Å². The highest BCUT2D eigenvalue weighted by Gasteiger charge is 2.07. The molecule has 1 aromatic heterocycles. The number of nitrogens with one attached hydrogen (secondary N) is 1. The number of nitrogens with zero attached hydrogens (tertiary/aromatic N) is 1. The molecule has 1 aromatic carbocycles. The van der Waals surface area contributed by atoms with Crippen LogP contribution in [0.3, 0.4) is 0 Å². The maximum Gasteiger partial charge on any atom is 0.263 e. The summed E-state index contributed by atoms with van der Waals surface area (Å²) in [5.41, 5.74) is 0. The van der Waals surface area contributed by atoms with Crippen LogP contribution >= 0.6 is 0 Å². The van der Waals surface area contributed by atoms with Crippen molar-refractivity contribution in [3.63, 3.8) is 0 Å². The number of hydrogen-bond acceptors (Lipinski definition) is 5. The fraction of sp³-hybridized carbons (Fsp3) is 0.286. The molecule has 6 heteroatoms. The van der Waals surface area contributed by atoms with Gasteiger partial charge in [-0.3, -0.25) is 4.79 Å². The number of benzene rings is 1. The van der Waals surface area contributed by atoms with Crippen molar-refractivity contribution in [3.8, 4) is 11.5 Å². The van der Waals surface area contributed by atoms with E-state index in [1.165, 1.54) is 0 Å². The van der Waals surface area contributed by atoms with Crippen LogP contribution in [0.4, 0.5) is 5.82 Å². The summed E-state index contributed by atoms with van der Waals surface area (Å²) in [4.78, 5) is 11.7. The zero-order valence-corrected chi connectivity index (χ0v) is 11.4. The summed E-state index contributed by atoms with van der Waals surface area (Å²) in [7, 11) is 0. The van der Waals surface area contributed by atoms with Gasteiger partial charge in [0.1, 0.15) is 17.3 Å². The van der Waals surface area contributed by atoms with Crippen LogP contribution in [0.25, 0.3) is 0 Å². The third-order valence-electron chi connectivity index (χ3n) is 2.38. The van der Waals surface area contributed by atoms with Gasteiger partial charge in [0, 0.05) is 12.1 Å². The van der Waals surface area contributed by atoms with Gasteiger partial charge in [0.05, 0.1) is 6.61 Å². The van der Waals surface area contributed by atoms with Crippen molar-refractivity contribution >= 4 is 11.7 Å². The van der Waals surface area contributed by atoms with Crippen LogP contribution in [0.5, 0.6) is 11.5 Å². The Balaban J connectivity index is 1.85. The fourth-order valence-electron chi connectivity index (χ4n) is 1.57. The van der Waals surface area contributed by atoms with Crippen molar-refractivity contribution in [3.05, 3.63) is 36.1 Å².